The van der Waals surface area contributed by atoms with Crippen molar-refractivity contribution < 1.29 is 9.90 Å². The predicted molar refractivity (Wildman–Crippen MR) is 86.6 cm³/mol. The zero-order chi connectivity index (χ0) is 15.9. The number of rotatable bonds is 2. The summed E-state index contributed by atoms with van der Waals surface area (Å²) in [6.07, 6.45) is 0. The number of hydrogen-bond acceptors (Lipinski definition) is 2. The van der Waals surface area contributed by atoms with E-state index in [1.165, 1.54) is 11.6 Å². The van der Waals surface area contributed by atoms with Crippen molar-refractivity contribution in [2.45, 2.75) is 0 Å². The maximum Gasteiger partial charge on any atom is 0.353 e. The summed E-state index contributed by atoms with van der Waals surface area (Å²) >= 11 is 5.90. The maximum absolute atomic E-state index is 12.4. The van der Waals surface area contributed by atoms with Gasteiger partial charge < -0.3 is 9.67 Å². The maximum atomic E-state index is 12.4. The van der Waals surface area contributed by atoms with Crippen molar-refractivity contribution >= 4 is 28.3 Å². The molecule has 3 aromatic rings. The number of benzene rings is 2. The highest BCUT2D eigenvalue weighted by Crippen LogP contribution is 2.31. The van der Waals surface area contributed by atoms with Gasteiger partial charge in [-0.05, 0) is 29.1 Å². The van der Waals surface area contributed by atoms with Crippen LogP contribution in [0.25, 0.3) is 21.9 Å². The molecule has 22 heavy (non-hydrogen) atoms. The van der Waals surface area contributed by atoms with E-state index < -0.39 is 5.97 Å². The first-order valence-corrected chi connectivity index (χ1v) is 6.99. The predicted octanol–water partition coefficient (Wildman–Crippen LogP) is 3.56. The summed E-state index contributed by atoms with van der Waals surface area (Å²) in [5.74, 6) is -1.14. The standard InChI is InChI=1S/C17H12ClNO3/c1-19-15(17(21)22)14(10-6-8-11(18)9-7-10)12-4-2-3-5-13(12)16(19)20/h2-9H,1H3,(H,21,22). The van der Waals surface area contributed by atoms with Crippen LogP contribution in [0.2, 0.25) is 5.02 Å². The van der Waals surface area contributed by atoms with E-state index in [0.717, 1.165) is 0 Å². The average Bonchev–Trinajstić information content (AvgIpc) is 2.51. The third-order valence-corrected chi connectivity index (χ3v) is 3.89. The van der Waals surface area contributed by atoms with Crippen molar-refractivity contribution in [1.29, 1.82) is 0 Å². The Morgan fingerprint density at radius 1 is 1.05 bits per heavy atom. The van der Waals surface area contributed by atoms with Crippen LogP contribution in [0, 0.1) is 0 Å². The second kappa shape index (κ2) is 5.31. The van der Waals surface area contributed by atoms with Gasteiger partial charge in [0.2, 0.25) is 0 Å². The molecule has 1 aromatic heterocycles. The van der Waals surface area contributed by atoms with Crippen molar-refractivity contribution in [3.05, 3.63) is 69.6 Å². The molecule has 0 aliphatic heterocycles. The van der Waals surface area contributed by atoms with Crippen LogP contribution in [-0.4, -0.2) is 15.6 Å². The molecule has 0 atom stereocenters. The van der Waals surface area contributed by atoms with Gasteiger partial charge in [-0.15, -0.1) is 0 Å². The molecule has 0 amide bonds. The van der Waals surface area contributed by atoms with Crippen LogP contribution in [0.15, 0.2) is 53.3 Å². The molecular weight excluding hydrogens is 302 g/mol. The normalized spacial score (nSPS) is 10.8. The first kappa shape index (κ1) is 14.4. The Morgan fingerprint density at radius 2 is 1.64 bits per heavy atom. The number of aromatic carboxylic acids is 1. The van der Waals surface area contributed by atoms with Gasteiger partial charge in [0.15, 0.2) is 0 Å². The van der Waals surface area contributed by atoms with Crippen LogP contribution < -0.4 is 5.56 Å². The molecule has 0 aliphatic rings. The number of halogens is 1. The van der Waals surface area contributed by atoms with E-state index in [0.29, 0.717) is 26.9 Å². The molecule has 5 heteroatoms. The van der Waals surface area contributed by atoms with Crippen LogP contribution in [0.1, 0.15) is 10.5 Å². The second-order valence-electron chi connectivity index (χ2n) is 4.95. The molecule has 0 saturated carbocycles. The summed E-state index contributed by atoms with van der Waals surface area (Å²) in [6, 6.07) is 13.9. The molecule has 1 N–H and O–H groups in total. The Bertz CT molecular complexity index is 943. The fraction of sp³-hybridized carbons (Fsp3) is 0.0588. The highest BCUT2D eigenvalue weighted by molar-refractivity contribution is 6.30. The van der Waals surface area contributed by atoms with Gasteiger partial charge in [-0.25, -0.2) is 4.79 Å². The lowest BCUT2D eigenvalue weighted by molar-refractivity contribution is 0.0686. The molecule has 3 rings (SSSR count). The van der Waals surface area contributed by atoms with Gasteiger partial charge in [-0.2, -0.15) is 0 Å². The van der Waals surface area contributed by atoms with Crippen LogP contribution >= 0.6 is 11.6 Å². The quantitative estimate of drug-likeness (QED) is 0.787. The summed E-state index contributed by atoms with van der Waals surface area (Å²) in [6.45, 7) is 0. The lowest BCUT2D eigenvalue weighted by Gasteiger charge is -2.14. The smallest absolute Gasteiger partial charge is 0.353 e. The fourth-order valence-corrected chi connectivity index (χ4v) is 2.75. The minimum Gasteiger partial charge on any atom is -0.477 e. The van der Waals surface area contributed by atoms with Crippen molar-refractivity contribution in [3.8, 4) is 11.1 Å². The summed E-state index contributed by atoms with van der Waals surface area (Å²) in [7, 11) is 1.47. The Morgan fingerprint density at radius 3 is 2.23 bits per heavy atom. The lowest BCUT2D eigenvalue weighted by atomic mass is 9.97. The van der Waals surface area contributed by atoms with E-state index in [-0.39, 0.29) is 11.3 Å². The number of nitrogens with zero attached hydrogens (tertiary/aromatic N) is 1. The number of aromatic nitrogens is 1. The average molecular weight is 314 g/mol. The Kier molecular flexibility index (Phi) is 3.47. The minimum atomic E-state index is -1.14. The topological polar surface area (TPSA) is 59.3 Å². The summed E-state index contributed by atoms with van der Waals surface area (Å²) in [5.41, 5.74) is 0.854. The summed E-state index contributed by atoms with van der Waals surface area (Å²) in [4.78, 5) is 24.1. The highest BCUT2D eigenvalue weighted by atomic mass is 35.5. The molecule has 0 bridgehead atoms. The van der Waals surface area contributed by atoms with Crippen molar-refractivity contribution in [2.24, 2.45) is 7.05 Å². The number of pyridine rings is 1. The van der Waals surface area contributed by atoms with Gasteiger partial charge in [0.05, 0.1) is 0 Å². The molecule has 110 valence electrons. The van der Waals surface area contributed by atoms with Crippen molar-refractivity contribution in [2.75, 3.05) is 0 Å². The molecule has 0 unspecified atom stereocenters. The molecule has 0 saturated heterocycles. The third kappa shape index (κ3) is 2.18. The van der Waals surface area contributed by atoms with Gasteiger partial charge in [0.25, 0.3) is 5.56 Å². The first-order valence-electron chi connectivity index (χ1n) is 6.61. The van der Waals surface area contributed by atoms with E-state index in [4.69, 9.17) is 11.6 Å². The number of carboxylic acid groups (broad SMARTS) is 1. The van der Waals surface area contributed by atoms with E-state index >= 15 is 0 Å². The summed E-state index contributed by atoms with van der Waals surface area (Å²) in [5, 5.41) is 11.2. The second-order valence-corrected chi connectivity index (χ2v) is 5.38. The highest BCUT2D eigenvalue weighted by Gasteiger charge is 2.20. The van der Waals surface area contributed by atoms with E-state index in [9.17, 15) is 14.7 Å². The number of carboxylic acids is 1. The van der Waals surface area contributed by atoms with E-state index in [1.54, 1.807) is 48.5 Å². The van der Waals surface area contributed by atoms with Crippen LogP contribution in [0.3, 0.4) is 0 Å². The largest absolute Gasteiger partial charge is 0.477 e. The molecular formula is C17H12ClNO3. The van der Waals surface area contributed by atoms with Gasteiger partial charge in [0.1, 0.15) is 5.69 Å². The monoisotopic (exact) mass is 313 g/mol. The zero-order valence-electron chi connectivity index (χ0n) is 11.7. The Balaban J connectivity index is 2.53. The lowest BCUT2D eigenvalue weighted by Crippen LogP contribution is -2.24. The number of carbonyl (C=O) groups is 1. The van der Waals surface area contributed by atoms with Crippen LogP contribution in [-0.2, 0) is 7.05 Å². The molecule has 2 aromatic carbocycles. The minimum absolute atomic E-state index is 0.0361. The molecule has 0 spiro atoms. The zero-order valence-corrected chi connectivity index (χ0v) is 12.5. The number of hydrogen-bond donors (Lipinski definition) is 1. The van der Waals surface area contributed by atoms with Gasteiger partial charge in [0, 0.05) is 23.0 Å². The van der Waals surface area contributed by atoms with E-state index in [1.807, 2.05) is 0 Å². The van der Waals surface area contributed by atoms with Gasteiger partial charge in [-0.3, -0.25) is 4.79 Å². The molecule has 0 radical (unpaired) electrons. The molecule has 4 nitrogen and oxygen atoms in total. The Hall–Kier alpha value is -2.59. The third-order valence-electron chi connectivity index (χ3n) is 3.64. The molecule has 0 aliphatic carbocycles. The van der Waals surface area contributed by atoms with E-state index in [2.05, 4.69) is 0 Å². The summed E-state index contributed by atoms with van der Waals surface area (Å²) < 4.78 is 1.18. The number of fused-ring (bicyclic) bond motifs is 1. The first-order chi connectivity index (χ1) is 10.5. The van der Waals surface area contributed by atoms with Gasteiger partial charge in [-0.1, -0.05) is 41.9 Å². The molecule has 0 fully saturated rings. The SMILES string of the molecule is Cn1c(C(=O)O)c(-c2ccc(Cl)cc2)c2ccccc2c1=O. The van der Waals surface area contributed by atoms with Crippen molar-refractivity contribution in [3.63, 3.8) is 0 Å². The van der Waals surface area contributed by atoms with Crippen molar-refractivity contribution in [1.82, 2.24) is 4.57 Å². The van der Waals surface area contributed by atoms with Gasteiger partial charge >= 0.3 is 5.97 Å². The fourth-order valence-electron chi connectivity index (χ4n) is 2.62. The van der Waals surface area contributed by atoms with Crippen LogP contribution in [0.5, 0.6) is 0 Å². The molecule has 1 heterocycles. The Labute approximate surface area is 131 Å². The van der Waals surface area contributed by atoms with Crippen LogP contribution in [0.4, 0.5) is 0 Å².